The summed E-state index contributed by atoms with van der Waals surface area (Å²) in [5, 5.41) is 0. The van der Waals surface area contributed by atoms with Gasteiger partial charge < -0.3 is 9.64 Å². The molecule has 0 N–H and O–H groups in total. The van der Waals surface area contributed by atoms with E-state index < -0.39 is 0 Å². The molecule has 0 aliphatic heterocycles. The third-order valence-corrected chi connectivity index (χ3v) is 2.13. The van der Waals surface area contributed by atoms with Crippen LogP contribution in [0.4, 0.5) is 0 Å². The number of esters is 1. The lowest BCUT2D eigenvalue weighted by Gasteiger charge is -2.18. The summed E-state index contributed by atoms with van der Waals surface area (Å²) in [6.07, 6.45) is 1.26. The molecule has 0 aromatic rings. The molecule has 0 saturated heterocycles. The van der Waals surface area contributed by atoms with E-state index in [0.29, 0.717) is 19.7 Å². The summed E-state index contributed by atoms with van der Waals surface area (Å²) >= 11 is 0. The maximum atomic E-state index is 11.5. The van der Waals surface area contributed by atoms with E-state index in [1.807, 2.05) is 20.8 Å². The average Bonchev–Trinajstić information content (AvgIpc) is 2.25. The Morgan fingerprint density at radius 2 is 1.67 bits per heavy atom. The van der Waals surface area contributed by atoms with E-state index in [1.54, 1.807) is 4.90 Å². The van der Waals surface area contributed by atoms with Gasteiger partial charge in [0.05, 0.1) is 13.0 Å². The predicted octanol–water partition coefficient (Wildman–Crippen LogP) is 1.59. The van der Waals surface area contributed by atoms with E-state index >= 15 is 0 Å². The number of nitrogens with zero attached hydrogens (tertiary/aromatic N) is 1. The predicted molar refractivity (Wildman–Crippen MR) is 58.4 cm³/mol. The number of hydrogen-bond acceptors (Lipinski definition) is 3. The van der Waals surface area contributed by atoms with E-state index in [-0.39, 0.29) is 24.7 Å². The lowest BCUT2D eigenvalue weighted by atomic mass is 10.2. The second kappa shape index (κ2) is 8.26. The molecular weight excluding hydrogens is 194 g/mol. The van der Waals surface area contributed by atoms with E-state index in [0.717, 1.165) is 6.42 Å². The first-order valence-corrected chi connectivity index (χ1v) is 5.59. The summed E-state index contributed by atoms with van der Waals surface area (Å²) in [6, 6.07) is 0. The largest absolute Gasteiger partial charge is 0.466 e. The van der Waals surface area contributed by atoms with Gasteiger partial charge in [-0.1, -0.05) is 6.92 Å². The summed E-state index contributed by atoms with van der Waals surface area (Å²) < 4.78 is 4.88. The Balaban J connectivity index is 3.74. The van der Waals surface area contributed by atoms with Gasteiger partial charge in [0.25, 0.3) is 0 Å². The Hall–Kier alpha value is -1.06. The highest BCUT2D eigenvalue weighted by molar-refractivity contribution is 5.81. The van der Waals surface area contributed by atoms with Gasteiger partial charge in [-0.2, -0.15) is 0 Å². The molecular formula is C11H21NO3. The molecule has 88 valence electrons. The molecule has 0 aromatic heterocycles. The van der Waals surface area contributed by atoms with Crippen molar-refractivity contribution in [2.75, 3.05) is 19.7 Å². The summed E-state index contributed by atoms with van der Waals surface area (Å²) in [5.41, 5.74) is 0. The highest BCUT2D eigenvalue weighted by atomic mass is 16.5. The minimum atomic E-state index is -0.280. The van der Waals surface area contributed by atoms with Crippen molar-refractivity contribution >= 4 is 11.9 Å². The summed E-state index contributed by atoms with van der Waals surface area (Å²) in [4.78, 5) is 24.3. The average molecular weight is 215 g/mol. The van der Waals surface area contributed by atoms with Crippen LogP contribution < -0.4 is 0 Å². The van der Waals surface area contributed by atoms with Gasteiger partial charge in [0.1, 0.15) is 0 Å². The monoisotopic (exact) mass is 215 g/mol. The van der Waals surface area contributed by atoms with Gasteiger partial charge >= 0.3 is 5.97 Å². The molecule has 4 heteroatoms. The van der Waals surface area contributed by atoms with Gasteiger partial charge in [-0.15, -0.1) is 0 Å². The van der Waals surface area contributed by atoms with Gasteiger partial charge in [-0.3, -0.25) is 9.59 Å². The topological polar surface area (TPSA) is 46.6 Å². The van der Waals surface area contributed by atoms with Crippen LogP contribution in [0.2, 0.25) is 0 Å². The van der Waals surface area contributed by atoms with Crippen molar-refractivity contribution in [3.8, 4) is 0 Å². The van der Waals surface area contributed by atoms with Gasteiger partial charge in [0.15, 0.2) is 0 Å². The molecule has 0 rings (SSSR count). The zero-order valence-corrected chi connectivity index (χ0v) is 9.91. The first-order valence-electron chi connectivity index (χ1n) is 5.59. The summed E-state index contributed by atoms with van der Waals surface area (Å²) in [5.74, 6) is -0.259. The normalized spacial score (nSPS) is 9.80. The quantitative estimate of drug-likeness (QED) is 0.606. The van der Waals surface area contributed by atoms with Crippen molar-refractivity contribution in [2.24, 2.45) is 0 Å². The van der Waals surface area contributed by atoms with Crippen LogP contribution in [0.3, 0.4) is 0 Å². The SMILES string of the molecule is CCCOC(=O)CCC(=O)N(CC)CC. The molecule has 0 bridgehead atoms. The molecule has 0 fully saturated rings. The second-order valence-corrected chi connectivity index (χ2v) is 3.29. The third kappa shape index (κ3) is 6.10. The Morgan fingerprint density at radius 3 is 2.13 bits per heavy atom. The highest BCUT2D eigenvalue weighted by Gasteiger charge is 2.12. The molecule has 0 aliphatic carbocycles. The fraction of sp³-hybridized carbons (Fsp3) is 0.818. The van der Waals surface area contributed by atoms with Crippen LogP contribution in [0.5, 0.6) is 0 Å². The van der Waals surface area contributed by atoms with Gasteiger partial charge in [-0.05, 0) is 20.3 Å². The number of amides is 1. The minimum Gasteiger partial charge on any atom is -0.466 e. The first-order chi connectivity index (χ1) is 7.15. The first kappa shape index (κ1) is 13.9. The highest BCUT2D eigenvalue weighted by Crippen LogP contribution is 1.99. The molecule has 15 heavy (non-hydrogen) atoms. The number of hydrogen-bond donors (Lipinski definition) is 0. The van der Waals surface area contributed by atoms with E-state index in [9.17, 15) is 9.59 Å². The van der Waals surface area contributed by atoms with Crippen LogP contribution in [0.1, 0.15) is 40.0 Å². The van der Waals surface area contributed by atoms with Crippen LogP contribution in [0, 0.1) is 0 Å². The second-order valence-electron chi connectivity index (χ2n) is 3.29. The molecule has 0 saturated carbocycles. The van der Waals surface area contributed by atoms with Crippen molar-refractivity contribution < 1.29 is 14.3 Å². The maximum absolute atomic E-state index is 11.5. The third-order valence-electron chi connectivity index (χ3n) is 2.13. The molecule has 0 aromatic carbocycles. The molecule has 0 atom stereocenters. The van der Waals surface area contributed by atoms with Crippen LogP contribution in [0.25, 0.3) is 0 Å². The maximum Gasteiger partial charge on any atom is 0.306 e. The van der Waals surface area contributed by atoms with Gasteiger partial charge in [-0.25, -0.2) is 0 Å². The number of rotatable bonds is 7. The van der Waals surface area contributed by atoms with E-state index in [1.165, 1.54) is 0 Å². The molecule has 0 heterocycles. The van der Waals surface area contributed by atoms with Gasteiger partial charge in [0, 0.05) is 19.5 Å². The Bertz CT molecular complexity index is 200. The van der Waals surface area contributed by atoms with Crippen LogP contribution in [-0.2, 0) is 14.3 Å². The molecule has 1 amide bonds. The Morgan fingerprint density at radius 1 is 1.07 bits per heavy atom. The lowest BCUT2D eigenvalue weighted by Crippen LogP contribution is -2.30. The van der Waals surface area contributed by atoms with Crippen molar-refractivity contribution in [3.05, 3.63) is 0 Å². The minimum absolute atomic E-state index is 0.0217. The number of carbonyl (C=O) groups excluding carboxylic acids is 2. The smallest absolute Gasteiger partial charge is 0.306 e. The molecule has 0 spiro atoms. The van der Waals surface area contributed by atoms with Crippen LogP contribution >= 0.6 is 0 Å². The summed E-state index contributed by atoms with van der Waals surface area (Å²) in [6.45, 7) is 7.62. The van der Waals surface area contributed by atoms with Crippen molar-refractivity contribution in [1.29, 1.82) is 0 Å². The molecule has 0 radical (unpaired) electrons. The van der Waals surface area contributed by atoms with Crippen molar-refractivity contribution in [1.82, 2.24) is 4.90 Å². The van der Waals surface area contributed by atoms with E-state index in [4.69, 9.17) is 4.74 Å². The Labute approximate surface area is 91.6 Å². The number of carbonyl (C=O) groups is 2. The number of ether oxygens (including phenoxy) is 1. The fourth-order valence-corrected chi connectivity index (χ4v) is 1.23. The summed E-state index contributed by atoms with van der Waals surface area (Å²) in [7, 11) is 0. The zero-order valence-electron chi connectivity index (χ0n) is 9.91. The molecule has 0 aliphatic rings. The standard InChI is InChI=1S/C11H21NO3/c1-4-9-15-11(14)8-7-10(13)12(5-2)6-3/h4-9H2,1-3H3. The van der Waals surface area contributed by atoms with E-state index in [2.05, 4.69) is 0 Å². The van der Waals surface area contributed by atoms with Crippen LogP contribution in [-0.4, -0.2) is 36.5 Å². The Kier molecular flexibility index (Phi) is 7.68. The van der Waals surface area contributed by atoms with Crippen LogP contribution in [0.15, 0.2) is 0 Å². The zero-order chi connectivity index (χ0) is 11.7. The van der Waals surface area contributed by atoms with Gasteiger partial charge in [0.2, 0.25) is 5.91 Å². The fourth-order valence-electron chi connectivity index (χ4n) is 1.23. The lowest BCUT2D eigenvalue weighted by molar-refractivity contribution is -0.146. The molecule has 4 nitrogen and oxygen atoms in total. The van der Waals surface area contributed by atoms with Crippen molar-refractivity contribution in [3.63, 3.8) is 0 Å². The molecule has 0 unspecified atom stereocenters. The van der Waals surface area contributed by atoms with Crippen molar-refractivity contribution in [2.45, 2.75) is 40.0 Å².